The van der Waals surface area contributed by atoms with Gasteiger partial charge in [-0.05, 0) is 31.0 Å². The zero-order valence-electron chi connectivity index (χ0n) is 10.8. The highest BCUT2D eigenvalue weighted by Crippen LogP contribution is 2.46. The van der Waals surface area contributed by atoms with Gasteiger partial charge in [0.2, 0.25) is 6.08 Å². The molecule has 0 atom stereocenters. The summed E-state index contributed by atoms with van der Waals surface area (Å²) in [6, 6.07) is 5.44. The summed E-state index contributed by atoms with van der Waals surface area (Å²) in [5.41, 5.74) is 1.17. The quantitative estimate of drug-likeness (QED) is 0.658. The van der Waals surface area contributed by atoms with Gasteiger partial charge in [-0.2, -0.15) is 4.99 Å². The van der Waals surface area contributed by atoms with Crippen molar-refractivity contribution in [3.05, 3.63) is 23.8 Å². The summed E-state index contributed by atoms with van der Waals surface area (Å²) in [6.07, 6.45) is 5.32. The lowest BCUT2D eigenvalue weighted by Gasteiger charge is -2.25. The SMILES string of the molecule is CN(C)c1ccc(O)c(C2(N=C=O)CCCC2)c1. The van der Waals surface area contributed by atoms with Gasteiger partial charge >= 0.3 is 0 Å². The van der Waals surface area contributed by atoms with E-state index in [2.05, 4.69) is 4.99 Å². The molecule has 1 aromatic rings. The minimum atomic E-state index is -0.572. The predicted molar refractivity (Wildman–Crippen MR) is 70.7 cm³/mol. The fourth-order valence-electron chi connectivity index (χ4n) is 2.66. The van der Waals surface area contributed by atoms with Crippen LogP contribution in [0.5, 0.6) is 5.75 Å². The number of hydrogen-bond donors (Lipinski definition) is 1. The molecule has 0 saturated heterocycles. The highest BCUT2D eigenvalue weighted by molar-refractivity contribution is 5.55. The Hall–Kier alpha value is -1.80. The number of isocyanates is 1. The lowest BCUT2D eigenvalue weighted by atomic mass is 9.88. The zero-order chi connectivity index (χ0) is 13.2. The van der Waals surface area contributed by atoms with Gasteiger partial charge < -0.3 is 10.0 Å². The summed E-state index contributed by atoms with van der Waals surface area (Å²) >= 11 is 0. The van der Waals surface area contributed by atoms with E-state index in [1.807, 2.05) is 31.1 Å². The standard InChI is InChI=1S/C14H18N2O2/c1-16(2)11-5-6-13(18)12(9-11)14(15-10-17)7-3-4-8-14/h5-6,9,18H,3-4,7-8H2,1-2H3. The van der Waals surface area contributed by atoms with Crippen molar-refractivity contribution in [1.29, 1.82) is 0 Å². The normalized spacial score (nSPS) is 17.2. The molecule has 1 saturated carbocycles. The van der Waals surface area contributed by atoms with Gasteiger partial charge in [0.25, 0.3) is 0 Å². The van der Waals surface area contributed by atoms with Gasteiger partial charge in [0, 0.05) is 25.3 Å². The predicted octanol–water partition coefficient (Wildman–Crippen LogP) is 2.56. The molecule has 0 bridgehead atoms. The number of carbonyl (C=O) groups excluding carboxylic acids is 1. The van der Waals surface area contributed by atoms with Gasteiger partial charge in [0.05, 0.1) is 0 Å². The molecule has 4 nitrogen and oxygen atoms in total. The van der Waals surface area contributed by atoms with E-state index >= 15 is 0 Å². The van der Waals surface area contributed by atoms with Gasteiger partial charge in [-0.15, -0.1) is 0 Å². The average molecular weight is 246 g/mol. The fourth-order valence-corrected chi connectivity index (χ4v) is 2.66. The van der Waals surface area contributed by atoms with E-state index in [1.54, 1.807) is 12.1 Å². The summed E-state index contributed by atoms with van der Waals surface area (Å²) in [5.74, 6) is 0.210. The molecule has 96 valence electrons. The van der Waals surface area contributed by atoms with E-state index in [9.17, 15) is 9.90 Å². The van der Waals surface area contributed by atoms with Crippen LogP contribution in [-0.4, -0.2) is 25.3 Å². The number of phenols is 1. The highest BCUT2D eigenvalue weighted by Gasteiger charge is 2.37. The van der Waals surface area contributed by atoms with E-state index < -0.39 is 5.54 Å². The molecule has 0 unspecified atom stereocenters. The zero-order valence-corrected chi connectivity index (χ0v) is 10.8. The molecule has 0 aliphatic heterocycles. The van der Waals surface area contributed by atoms with Crippen LogP contribution in [0.3, 0.4) is 0 Å². The number of benzene rings is 1. The average Bonchev–Trinajstić information content (AvgIpc) is 2.79. The Morgan fingerprint density at radius 2 is 2.00 bits per heavy atom. The first-order valence-corrected chi connectivity index (χ1v) is 6.19. The van der Waals surface area contributed by atoms with Crippen molar-refractivity contribution in [2.45, 2.75) is 31.2 Å². The van der Waals surface area contributed by atoms with Crippen LogP contribution in [-0.2, 0) is 10.3 Å². The molecule has 1 aromatic carbocycles. The maximum atomic E-state index is 10.7. The summed E-state index contributed by atoms with van der Waals surface area (Å²) < 4.78 is 0. The second-order valence-electron chi connectivity index (χ2n) is 5.04. The molecular formula is C14H18N2O2. The van der Waals surface area contributed by atoms with E-state index in [1.165, 1.54) is 0 Å². The van der Waals surface area contributed by atoms with E-state index in [-0.39, 0.29) is 5.75 Å². The van der Waals surface area contributed by atoms with Gasteiger partial charge in [-0.1, -0.05) is 12.8 Å². The van der Waals surface area contributed by atoms with Crippen molar-refractivity contribution in [2.24, 2.45) is 4.99 Å². The summed E-state index contributed by atoms with van der Waals surface area (Å²) in [6.45, 7) is 0. The molecule has 4 heteroatoms. The molecule has 1 aliphatic carbocycles. The van der Waals surface area contributed by atoms with Crippen LogP contribution in [0.25, 0.3) is 0 Å². The Morgan fingerprint density at radius 3 is 2.56 bits per heavy atom. The maximum absolute atomic E-state index is 10.7. The molecule has 0 aromatic heterocycles. The molecular weight excluding hydrogens is 228 g/mol. The second-order valence-corrected chi connectivity index (χ2v) is 5.04. The van der Waals surface area contributed by atoms with Gasteiger partial charge in [0.15, 0.2) is 0 Å². The smallest absolute Gasteiger partial charge is 0.235 e. The van der Waals surface area contributed by atoms with Gasteiger partial charge in [-0.25, -0.2) is 4.79 Å². The first kappa shape index (κ1) is 12.7. The van der Waals surface area contributed by atoms with E-state index in [0.29, 0.717) is 0 Å². The maximum Gasteiger partial charge on any atom is 0.235 e. The van der Waals surface area contributed by atoms with E-state index in [4.69, 9.17) is 0 Å². The highest BCUT2D eigenvalue weighted by atomic mass is 16.3. The van der Waals surface area contributed by atoms with Crippen LogP contribution in [0.1, 0.15) is 31.2 Å². The Balaban J connectivity index is 2.53. The van der Waals surface area contributed by atoms with Crippen LogP contribution < -0.4 is 4.90 Å². The van der Waals surface area contributed by atoms with Crippen molar-refractivity contribution in [3.63, 3.8) is 0 Å². The van der Waals surface area contributed by atoms with Crippen molar-refractivity contribution in [2.75, 3.05) is 19.0 Å². The van der Waals surface area contributed by atoms with E-state index in [0.717, 1.165) is 36.9 Å². The first-order chi connectivity index (χ1) is 8.59. The topological polar surface area (TPSA) is 52.9 Å². The number of phenolic OH excluding ortho intramolecular Hbond substituents is 1. The molecule has 0 spiro atoms. The number of hydrogen-bond acceptors (Lipinski definition) is 4. The van der Waals surface area contributed by atoms with Crippen molar-refractivity contribution >= 4 is 11.8 Å². The Labute approximate surface area is 107 Å². The third-order valence-corrected chi connectivity index (χ3v) is 3.69. The number of nitrogens with zero attached hydrogens (tertiary/aromatic N) is 2. The lowest BCUT2D eigenvalue weighted by Crippen LogP contribution is -2.20. The minimum Gasteiger partial charge on any atom is -0.508 e. The van der Waals surface area contributed by atoms with Crippen molar-refractivity contribution < 1.29 is 9.90 Å². The number of aromatic hydroxyl groups is 1. The molecule has 0 heterocycles. The molecule has 1 aliphatic rings. The molecule has 0 radical (unpaired) electrons. The van der Waals surface area contributed by atoms with Gasteiger partial charge in [0.1, 0.15) is 11.3 Å². The van der Waals surface area contributed by atoms with Crippen LogP contribution >= 0.6 is 0 Å². The summed E-state index contributed by atoms with van der Waals surface area (Å²) in [7, 11) is 3.89. The van der Waals surface area contributed by atoms with Crippen LogP contribution in [0.4, 0.5) is 5.69 Å². The largest absolute Gasteiger partial charge is 0.508 e. The summed E-state index contributed by atoms with van der Waals surface area (Å²) in [4.78, 5) is 16.7. The number of aliphatic imine (C=N–C) groups is 1. The Kier molecular flexibility index (Phi) is 3.39. The van der Waals surface area contributed by atoms with Crippen molar-refractivity contribution in [1.82, 2.24) is 0 Å². The molecule has 1 N–H and O–H groups in total. The first-order valence-electron chi connectivity index (χ1n) is 6.19. The monoisotopic (exact) mass is 246 g/mol. The molecule has 1 fully saturated rings. The second kappa shape index (κ2) is 4.83. The van der Waals surface area contributed by atoms with Crippen LogP contribution in [0, 0.1) is 0 Å². The summed E-state index contributed by atoms with van der Waals surface area (Å²) in [5, 5.41) is 10.1. The number of anilines is 1. The van der Waals surface area contributed by atoms with Gasteiger partial charge in [-0.3, -0.25) is 0 Å². The number of rotatable bonds is 3. The molecule has 0 amide bonds. The van der Waals surface area contributed by atoms with Crippen molar-refractivity contribution in [3.8, 4) is 5.75 Å². The van der Waals surface area contributed by atoms with Crippen LogP contribution in [0.2, 0.25) is 0 Å². The lowest BCUT2D eigenvalue weighted by molar-refractivity contribution is 0.409. The molecule has 2 rings (SSSR count). The third kappa shape index (κ3) is 2.12. The Bertz CT molecular complexity index is 485. The van der Waals surface area contributed by atoms with Crippen LogP contribution in [0.15, 0.2) is 23.2 Å². The Morgan fingerprint density at radius 1 is 1.33 bits per heavy atom. The fraction of sp³-hybridized carbons (Fsp3) is 0.500. The third-order valence-electron chi connectivity index (χ3n) is 3.69. The minimum absolute atomic E-state index is 0.210. The molecule has 18 heavy (non-hydrogen) atoms.